The van der Waals surface area contributed by atoms with Gasteiger partial charge in [0.05, 0.1) is 0 Å². The third kappa shape index (κ3) is 3.11. The number of nitrogens with one attached hydrogen (secondary N) is 2. The molecule has 4 aliphatic carbocycles. The summed E-state index contributed by atoms with van der Waals surface area (Å²) in [7, 11) is 1.69. The van der Waals surface area contributed by atoms with Crippen LogP contribution in [-0.4, -0.2) is 32.8 Å². The van der Waals surface area contributed by atoms with E-state index in [1.807, 2.05) is 0 Å². The molecular formula is C16H28N2O2. The standard InChI is InChI=1S/C16H28N2O2/c1-20-4-2-3-17-15(19)18-11-16-8-12-5-13(9-16)7-14(6-12)10-16/h12-14H,2-11H2,1H3,(H2,17,18,19). The molecule has 0 unspecified atom stereocenters. The summed E-state index contributed by atoms with van der Waals surface area (Å²) in [6, 6.07) is -0.00292. The molecule has 2 N–H and O–H groups in total. The normalized spacial score (nSPS) is 38.0. The predicted octanol–water partition coefficient (Wildman–Crippen LogP) is 2.54. The lowest BCUT2D eigenvalue weighted by molar-refractivity contribution is -0.0498. The maximum absolute atomic E-state index is 11.8. The van der Waals surface area contributed by atoms with Crippen molar-refractivity contribution in [2.75, 3.05) is 26.8 Å². The summed E-state index contributed by atoms with van der Waals surface area (Å²) >= 11 is 0. The van der Waals surface area contributed by atoms with Gasteiger partial charge in [0, 0.05) is 26.8 Å². The van der Waals surface area contributed by atoms with E-state index >= 15 is 0 Å². The van der Waals surface area contributed by atoms with Crippen molar-refractivity contribution in [3.63, 3.8) is 0 Å². The van der Waals surface area contributed by atoms with Crippen LogP contribution in [0.3, 0.4) is 0 Å². The van der Waals surface area contributed by atoms with Crippen molar-refractivity contribution in [3.8, 4) is 0 Å². The molecule has 4 saturated carbocycles. The number of urea groups is 1. The summed E-state index contributed by atoms with van der Waals surface area (Å²) < 4.78 is 4.98. The summed E-state index contributed by atoms with van der Waals surface area (Å²) in [6.45, 7) is 2.28. The number of hydrogen-bond donors (Lipinski definition) is 2. The van der Waals surface area contributed by atoms with E-state index in [0.29, 0.717) is 18.6 Å². The summed E-state index contributed by atoms with van der Waals surface area (Å²) in [5, 5.41) is 6.05. The van der Waals surface area contributed by atoms with Crippen molar-refractivity contribution in [3.05, 3.63) is 0 Å². The first-order chi connectivity index (χ1) is 9.69. The lowest BCUT2D eigenvalue weighted by Gasteiger charge is -2.56. The topological polar surface area (TPSA) is 50.4 Å². The Hall–Kier alpha value is -0.770. The second-order valence-electron chi connectivity index (χ2n) is 7.37. The number of rotatable bonds is 6. The van der Waals surface area contributed by atoms with E-state index in [2.05, 4.69) is 10.6 Å². The van der Waals surface area contributed by atoms with Gasteiger partial charge in [0.15, 0.2) is 0 Å². The highest BCUT2D eigenvalue weighted by Gasteiger charge is 2.50. The molecule has 0 spiro atoms. The molecule has 0 aromatic carbocycles. The highest BCUT2D eigenvalue weighted by atomic mass is 16.5. The van der Waals surface area contributed by atoms with Gasteiger partial charge in [-0.05, 0) is 68.1 Å². The van der Waals surface area contributed by atoms with Crippen molar-refractivity contribution in [1.29, 1.82) is 0 Å². The van der Waals surface area contributed by atoms with Crippen molar-refractivity contribution in [2.24, 2.45) is 23.2 Å². The average Bonchev–Trinajstić information content (AvgIpc) is 2.40. The van der Waals surface area contributed by atoms with Crippen molar-refractivity contribution < 1.29 is 9.53 Å². The van der Waals surface area contributed by atoms with Crippen molar-refractivity contribution >= 4 is 6.03 Å². The highest BCUT2D eigenvalue weighted by Crippen LogP contribution is 2.59. The van der Waals surface area contributed by atoms with Crippen LogP contribution in [-0.2, 0) is 4.74 Å². The maximum Gasteiger partial charge on any atom is 0.314 e. The van der Waals surface area contributed by atoms with Crippen LogP contribution in [0.5, 0.6) is 0 Å². The van der Waals surface area contributed by atoms with Crippen LogP contribution in [0.1, 0.15) is 44.9 Å². The highest BCUT2D eigenvalue weighted by molar-refractivity contribution is 5.73. The Morgan fingerprint density at radius 2 is 1.70 bits per heavy atom. The first-order valence-corrected chi connectivity index (χ1v) is 8.20. The molecular weight excluding hydrogens is 252 g/mol. The van der Waals surface area contributed by atoms with Crippen LogP contribution in [0.2, 0.25) is 0 Å². The zero-order valence-electron chi connectivity index (χ0n) is 12.6. The third-order valence-corrected chi connectivity index (χ3v) is 5.60. The largest absolute Gasteiger partial charge is 0.385 e. The fraction of sp³-hybridized carbons (Fsp3) is 0.938. The van der Waals surface area contributed by atoms with Gasteiger partial charge in [-0.1, -0.05) is 0 Å². The Labute approximate surface area is 122 Å². The molecule has 4 bridgehead atoms. The monoisotopic (exact) mass is 280 g/mol. The van der Waals surface area contributed by atoms with E-state index in [0.717, 1.165) is 30.7 Å². The van der Waals surface area contributed by atoms with Gasteiger partial charge in [-0.2, -0.15) is 0 Å². The average molecular weight is 280 g/mol. The van der Waals surface area contributed by atoms with Gasteiger partial charge in [-0.15, -0.1) is 0 Å². The lowest BCUT2D eigenvalue weighted by atomic mass is 9.49. The summed E-state index contributed by atoms with van der Waals surface area (Å²) in [5.74, 6) is 2.86. The molecule has 0 radical (unpaired) electrons. The Bertz CT molecular complexity index is 321. The summed E-state index contributed by atoms with van der Waals surface area (Å²) in [5.41, 5.74) is 0.429. The smallest absolute Gasteiger partial charge is 0.314 e. The van der Waals surface area contributed by atoms with Gasteiger partial charge in [-0.3, -0.25) is 0 Å². The maximum atomic E-state index is 11.8. The first-order valence-electron chi connectivity index (χ1n) is 8.20. The van der Waals surface area contributed by atoms with Gasteiger partial charge >= 0.3 is 6.03 Å². The van der Waals surface area contributed by atoms with Crippen LogP contribution < -0.4 is 10.6 Å². The fourth-order valence-corrected chi connectivity index (χ4v) is 5.26. The number of carbonyl (C=O) groups is 1. The molecule has 4 aliphatic rings. The van der Waals surface area contributed by atoms with Gasteiger partial charge in [0.2, 0.25) is 0 Å². The van der Waals surface area contributed by atoms with Crippen LogP contribution in [0.15, 0.2) is 0 Å². The minimum atomic E-state index is -0.00292. The molecule has 0 heterocycles. The van der Waals surface area contributed by atoms with Crippen molar-refractivity contribution in [2.45, 2.75) is 44.9 Å². The van der Waals surface area contributed by atoms with Gasteiger partial charge in [0.25, 0.3) is 0 Å². The van der Waals surface area contributed by atoms with Gasteiger partial charge in [-0.25, -0.2) is 4.79 Å². The third-order valence-electron chi connectivity index (χ3n) is 5.60. The van der Waals surface area contributed by atoms with Gasteiger partial charge in [0.1, 0.15) is 0 Å². The Morgan fingerprint density at radius 3 is 2.25 bits per heavy atom. The van der Waals surface area contributed by atoms with Crippen LogP contribution in [0, 0.1) is 23.2 Å². The van der Waals surface area contributed by atoms with E-state index < -0.39 is 0 Å². The van der Waals surface area contributed by atoms with E-state index in [1.165, 1.54) is 38.5 Å². The number of carbonyl (C=O) groups excluding carboxylic acids is 1. The molecule has 0 saturated heterocycles. The van der Waals surface area contributed by atoms with Crippen molar-refractivity contribution in [1.82, 2.24) is 10.6 Å². The molecule has 0 aromatic heterocycles. The molecule has 4 nitrogen and oxygen atoms in total. The number of ether oxygens (including phenoxy) is 1. The van der Waals surface area contributed by atoms with Gasteiger partial charge < -0.3 is 15.4 Å². The fourth-order valence-electron chi connectivity index (χ4n) is 5.26. The van der Waals surface area contributed by atoms with Crippen LogP contribution in [0.25, 0.3) is 0 Å². The number of hydrogen-bond acceptors (Lipinski definition) is 2. The Morgan fingerprint density at radius 1 is 1.10 bits per heavy atom. The minimum Gasteiger partial charge on any atom is -0.385 e. The quantitative estimate of drug-likeness (QED) is 0.735. The molecule has 0 aromatic rings. The Kier molecular flexibility index (Phi) is 4.20. The lowest BCUT2D eigenvalue weighted by Crippen LogP contribution is -2.52. The molecule has 114 valence electrons. The van der Waals surface area contributed by atoms with E-state index in [9.17, 15) is 4.79 Å². The molecule has 4 heteroatoms. The number of methoxy groups -OCH3 is 1. The van der Waals surface area contributed by atoms with Crippen LogP contribution >= 0.6 is 0 Å². The van der Waals surface area contributed by atoms with E-state index in [1.54, 1.807) is 7.11 Å². The molecule has 4 fully saturated rings. The Balaban J connectivity index is 1.43. The molecule has 0 atom stereocenters. The first kappa shape index (κ1) is 14.2. The second-order valence-corrected chi connectivity index (χ2v) is 7.37. The number of amides is 2. The zero-order valence-corrected chi connectivity index (χ0v) is 12.6. The zero-order chi connectivity index (χ0) is 14.0. The molecule has 2 amide bonds. The van der Waals surface area contributed by atoms with Crippen LogP contribution in [0.4, 0.5) is 4.79 Å². The summed E-state index contributed by atoms with van der Waals surface area (Å²) in [6.07, 6.45) is 9.31. The summed E-state index contributed by atoms with van der Waals surface area (Å²) in [4.78, 5) is 11.8. The SMILES string of the molecule is COCCCNC(=O)NCC12CC3CC(CC(C3)C1)C2. The molecule has 0 aliphatic heterocycles. The molecule has 20 heavy (non-hydrogen) atoms. The predicted molar refractivity (Wildman–Crippen MR) is 78.5 cm³/mol. The molecule has 4 rings (SSSR count). The second kappa shape index (κ2) is 5.92. The van der Waals surface area contributed by atoms with E-state index in [4.69, 9.17) is 4.74 Å². The minimum absolute atomic E-state index is 0.00292. The van der Waals surface area contributed by atoms with E-state index in [-0.39, 0.29) is 6.03 Å².